The van der Waals surface area contributed by atoms with Gasteiger partial charge in [0.1, 0.15) is 6.04 Å². The minimum absolute atomic E-state index is 0.114. The van der Waals surface area contributed by atoms with Crippen LogP contribution in [0.5, 0.6) is 0 Å². The number of nitrogens with one attached hydrogen (secondary N) is 4. The molecule has 1 saturated carbocycles. The van der Waals surface area contributed by atoms with Crippen LogP contribution in [0.1, 0.15) is 41.6 Å². The molecule has 0 spiro atoms. The zero-order chi connectivity index (χ0) is 33.2. The molecule has 246 valence electrons. The lowest BCUT2D eigenvalue weighted by molar-refractivity contribution is -0.130. The molecular formula is C35H43N9O3. The van der Waals surface area contributed by atoms with Gasteiger partial charge in [0.2, 0.25) is 17.6 Å². The summed E-state index contributed by atoms with van der Waals surface area (Å²) in [6, 6.07) is 21.6. The topological polar surface area (TPSA) is 171 Å². The second-order valence-corrected chi connectivity index (χ2v) is 12.4. The number of carbonyl (C=O) groups is 3. The normalized spacial score (nSPS) is 16.8. The molecule has 0 aliphatic heterocycles. The number of rotatable bonds is 13. The molecule has 1 fully saturated rings. The molecule has 4 aromatic rings. The van der Waals surface area contributed by atoms with E-state index >= 15 is 0 Å². The first kappa shape index (κ1) is 33.4. The van der Waals surface area contributed by atoms with Crippen LogP contribution < -0.4 is 21.7 Å². The molecule has 1 aliphatic carbocycles. The Labute approximate surface area is 274 Å². The summed E-state index contributed by atoms with van der Waals surface area (Å²) in [6.45, 7) is 1.93. The van der Waals surface area contributed by atoms with Crippen molar-refractivity contribution in [2.75, 3.05) is 39.0 Å². The lowest BCUT2D eigenvalue weighted by Crippen LogP contribution is -2.48. The van der Waals surface area contributed by atoms with Crippen molar-refractivity contribution < 1.29 is 14.4 Å². The van der Waals surface area contributed by atoms with Crippen molar-refractivity contribution >= 4 is 23.4 Å². The third-order valence-electron chi connectivity index (χ3n) is 8.61. The summed E-state index contributed by atoms with van der Waals surface area (Å²) in [5.41, 5.74) is 10.4. The van der Waals surface area contributed by atoms with E-state index in [1.807, 2.05) is 61.5 Å². The Bertz CT molecular complexity index is 1630. The summed E-state index contributed by atoms with van der Waals surface area (Å²) in [5.74, 6) is 0.183. The molecule has 1 heterocycles. The summed E-state index contributed by atoms with van der Waals surface area (Å²) in [7, 11) is 3.92. The van der Waals surface area contributed by atoms with E-state index in [4.69, 9.17) is 5.73 Å². The van der Waals surface area contributed by atoms with Crippen molar-refractivity contribution in [3.05, 3.63) is 83.9 Å². The molecule has 5 rings (SSSR count). The number of tetrazole rings is 1. The summed E-state index contributed by atoms with van der Waals surface area (Å²) in [6.07, 6.45) is 3.62. The highest BCUT2D eigenvalue weighted by molar-refractivity contribution is 5.98. The fourth-order valence-electron chi connectivity index (χ4n) is 5.82. The number of aromatic amines is 1. The summed E-state index contributed by atoms with van der Waals surface area (Å²) < 4.78 is 0. The number of likely N-dealkylation sites (N-methyl/N-ethyl adjacent to an activating group) is 1. The van der Waals surface area contributed by atoms with Gasteiger partial charge in [0.25, 0.3) is 5.91 Å². The average molecular weight is 638 g/mol. The van der Waals surface area contributed by atoms with Gasteiger partial charge in [-0.1, -0.05) is 36.4 Å². The second kappa shape index (κ2) is 16.1. The van der Waals surface area contributed by atoms with E-state index in [9.17, 15) is 14.4 Å². The van der Waals surface area contributed by atoms with Crippen molar-refractivity contribution in [2.45, 2.75) is 38.1 Å². The minimum atomic E-state index is -0.810. The van der Waals surface area contributed by atoms with Crippen molar-refractivity contribution in [1.29, 1.82) is 0 Å². The number of aromatic nitrogens is 4. The highest BCUT2D eigenvalue weighted by Gasteiger charge is 2.29. The molecule has 0 saturated heterocycles. The molecule has 1 aromatic heterocycles. The number of nitrogens with two attached hydrogens (primary N) is 1. The first-order valence-electron chi connectivity index (χ1n) is 16.1. The molecule has 3 aromatic carbocycles. The van der Waals surface area contributed by atoms with Gasteiger partial charge < -0.3 is 26.6 Å². The highest BCUT2D eigenvalue weighted by atomic mass is 16.2. The Morgan fingerprint density at radius 2 is 1.66 bits per heavy atom. The van der Waals surface area contributed by atoms with Crippen LogP contribution in [-0.2, 0) is 16.0 Å². The quantitative estimate of drug-likeness (QED) is 0.149. The van der Waals surface area contributed by atoms with E-state index in [1.54, 1.807) is 30.3 Å². The fourth-order valence-corrected chi connectivity index (χ4v) is 5.82. The molecule has 12 nitrogen and oxygen atoms in total. The number of anilines is 1. The van der Waals surface area contributed by atoms with Gasteiger partial charge in [-0.3, -0.25) is 14.4 Å². The Morgan fingerprint density at radius 3 is 2.34 bits per heavy atom. The third kappa shape index (κ3) is 9.30. The number of hydrogen-bond donors (Lipinski definition) is 5. The number of nitrogens with zero attached hydrogens (tertiary/aromatic N) is 4. The second-order valence-electron chi connectivity index (χ2n) is 12.4. The Balaban J connectivity index is 1.32. The van der Waals surface area contributed by atoms with Gasteiger partial charge in [0.05, 0.1) is 0 Å². The maximum atomic E-state index is 13.7. The van der Waals surface area contributed by atoms with Crippen molar-refractivity contribution in [3.63, 3.8) is 0 Å². The van der Waals surface area contributed by atoms with Crippen LogP contribution in [-0.4, -0.2) is 83.0 Å². The molecule has 12 heteroatoms. The molecule has 0 bridgehead atoms. The van der Waals surface area contributed by atoms with Gasteiger partial charge in [-0.25, -0.2) is 0 Å². The molecule has 1 unspecified atom stereocenters. The van der Waals surface area contributed by atoms with Crippen LogP contribution in [0, 0.1) is 11.8 Å². The molecule has 47 heavy (non-hydrogen) atoms. The Kier molecular flexibility index (Phi) is 11.4. The maximum Gasteiger partial charge on any atom is 0.251 e. The predicted octanol–water partition coefficient (Wildman–Crippen LogP) is 3.26. The van der Waals surface area contributed by atoms with E-state index in [0.717, 1.165) is 54.5 Å². The monoisotopic (exact) mass is 637 g/mol. The van der Waals surface area contributed by atoms with Crippen molar-refractivity contribution in [3.8, 4) is 22.5 Å². The smallest absolute Gasteiger partial charge is 0.251 e. The van der Waals surface area contributed by atoms with Gasteiger partial charge in [-0.15, -0.1) is 10.2 Å². The van der Waals surface area contributed by atoms with Gasteiger partial charge in [-0.2, -0.15) is 5.21 Å². The largest absolute Gasteiger partial charge is 0.351 e. The van der Waals surface area contributed by atoms with Gasteiger partial charge in [0.15, 0.2) is 0 Å². The van der Waals surface area contributed by atoms with Crippen LogP contribution in [0.15, 0.2) is 72.8 Å². The van der Waals surface area contributed by atoms with E-state index in [1.165, 1.54) is 0 Å². The molecule has 3 amide bonds. The number of hydrogen-bond acceptors (Lipinski definition) is 8. The van der Waals surface area contributed by atoms with Gasteiger partial charge in [-0.05, 0) is 111 Å². The summed E-state index contributed by atoms with van der Waals surface area (Å²) in [5, 5.41) is 23.0. The Hall–Kier alpha value is -4.94. The van der Waals surface area contributed by atoms with E-state index in [-0.39, 0.29) is 30.1 Å². The maximum absolute atomic E-state index is 13.7. The highest BCUT2D eigenvalue weighted by Crippen LogP contribution is 2.29. The fraction of sp³-hybridized carbons (Fsp3) is 0.371. The Morgan fingerprint density at radius 1 is 0.936 bits per heavy atom. The molecular weight excluding hydrogens is 594 g/mol. The molecule has 1 atom stereocenters. The number of amides is 3. The number of H-pyrrole nitrogens is 1. The molecule has 0 radical (unpaired) electrons. The first-order chi connectivity index (χ1) is 22.8. The van der Waals surface area contributed by atoms with Gasteiger partial charge >= 0.3 is 0 Å². The van der Waals surface area contributed by atoms with Crippen LogP contribution in [0.4, 0.5) is 5.69 Å². The molecule has 6 N–H and O–H groups in total. The van der Waals surface area contributed by atoms with E-state index < -0.39 is 6.04 Å². The van der Waals surface area contributed by atoms with Crippen LogP contribution in [0.25, 0.3) is 22.5 Å². The zero-order valence-corrected chi connectivity index (χ0v) is 26.9. The first-order valence-corrected chi connectivity index (χ1v) is 16.1. The SMILES string of the molecule is CN(C)CCNC(=O)c1cccc(-c2cccc(CC(NC(=O)C3CCC(CN)CC3)C(=O)Nc3ccc(-c4nn[nH]n4)cc3)c2)c1. The predicted molar refractivity (Wildman–Crippen MR) is 181 cm³/mol. The summed E-state index contributed by atoms with van der Waals surface area (Å²) >= 11 is 0. The summed E-state index contributed by atoms with van der Waals surface area (Å²) in [4.78, 5) is 41.9. The third-order valence-corrected chi connectivity index (χ3v) is 8.61. The van der Waals surface area contributed by atoms with Crippen LogP contribution in [0.3, 0.4) is 0 Å². The van der Waals surface area contributed by atoms with Crippen LogP contribution in [0.2, 0.25) is 0 Å². The lowest BCUT2D eigenvalue weighted by Gasteiger charge is -2.28. The van der Waals surface area contributed by atoms with Gasteiger partial charge in [0, 0.05) is 42.2 Å². The van der Waals surface area contributed by atoms with E-state index in [2.05, 4.69) is 36.6 Å². The van der Waals surface area contributed by atoms with Crippen LogP contribution >= 0.6 is 0 Å². The molecule has 1 aliphatic rings. The minimum Gasteiger partial charge on any atom is -0.351 e. The van der Waals surface area contributed by atoms with Crippen molar-refractivity contribution in [1.82, 2.24) is 36.2 Å². The number of benzene rings is 3. The zero-order valence-electron chi connectivity index (χ0n) is 26.9. The standard InChI is InChI=1S/C35H43N9O3/c1-44(2)18-17-37-33(45)29-8-4-7-28(21-29)27-6-3-5-24(19-27)20-31(39-34(46)26-11-9-23(22-36)10-12-26)35(47)38-30-15-13-25(14-16-30)32-40-42-43-41-32/h3-8,13-16,19,21,23,26,31H,9-12,17-18,20,22,36H2,1-2H3,(H,37,45)(H,38,47)(H,39,46)(H,40,41,42,43). The lowest BCUT2D eigenvalue weighted by atomic mass is 9.81. The number of carbonyl (C=O) groups excluding carboxylic acids is 3. The van der Waals surface area contributed by atoms with Crippen molar-refractivity contribution in [2.24, 2.45) is 17.6 Å². The average Bonchev–Trinajstić information content (AvgIpc) is 3.64. The van der Waals surface area contributed by atoms with E-state index in [0.29, 0.717) is 36.1 Å².